The number of carbonyl (C=O) groups is 3. The highest BCUT2D eigenvalue weighted by Gasteiger charge is 2.78. The molecule has 1 spiro atoms. The Morgan fingerprint density at radius 3 is 2.12 bits per heavy atom. The highest BCUT2D eigenvalue weighted by atomic mass is 16.7. The topological polar surface area (TPSA) is 132 Å². The van der Waals surface area contributed by atoms with Crippen LogP contribution < -0.4 is 10.5 Å². The number of ether oxygens (including phenoxy) is 2. The number of amidine groups is 1. The van der Waals surface area contributed by atoms with Crippen LogP contribution in [0.1, 0.15) is 18.4 Å². The molecule has 2 fully saturated rings. The van der Waals surface area contributed by atoms with Gasteiger partial charge in [0.05, 0.1) is 26.7 Å². The fraction of sp³-hybridized carbons (Fsp3) is 0.333. The van der Waals surface area contributed by atoms with E-state index in [1.807, 2.05) is 36.4 Å². The van der Waals surface area contributed by atoms with Gasteiger partial charge in [0.25, 0.3) is 0 Å². The average molecular weight is 451 g/mol. The molecule has 33 heavy (non-hydrogen) atoms. The maximum atomic E-state index is 12.3. The van der Waals surface area contributed by atoms with Gasteiger partial charge in [-0.3, -0.25) is 19.8 Å². The molecule has 1 saturated heterocycles. The van der Waals surface area contributed by atoms with Crippen LogP contribution >= 0.6 is 0 Å². The second kappa shape index (κ2) is 8.76. The monoisotopic (exact) mass is 451 g/mol. The number of nitrogens with zero attached hydrogens (tertiary/aromatic N) is 1. The van der Waals surface area contributed by atoms with E-state index in [0.717, 1.165) is 11.1 Å². The molecule has 0 bridgehead atoms. The fourth-order valence-corrected chi connectivity index (χ4v) is 4.60. The summed E-state index contributed by atoms with van der Waals surface area (Å²) >= 11 is 0. The molecule has 1 heterocycles. The number of esters is 1. The predicted molar refractivity (Wildman–Crippen MR) is 119 cm³/mol. The summed E-state index contributed by atoms with van der Waals surface area (Å²) in [5.41, 5.74) is 6.70. The van der Waals surface area contributed by atoms with Crippen LogP contribution in [-0.4, -0.2) is 60.8 Å². The van der Waals surface area contributed by atoms with E-state index in [1.54, 1.807) is 12.1 Å². The van der Waals surface area contributed by atoms with Crippen LogP contribution in [0.25, 0.3) is 11.1 Å². The van der Waals surface area contributed by atoms with E-state index in [9.17, 15) is 14.4 Å². The minimum Gasteiger partial charge on any atom is -0.492 e. The van der Waals surface area contributed by atoms with Gasteiger partial charge in [0, 0.05) is 11.5 Å². The Morgan fingerprint density at radius 2 is 1.64 bits per heavy atom. The summed E-state index contributed by atoms with van der Waals surface area (Å²) < 4.78 is 10.7. The van der Waals surface area contributed by atoms with Gasteiger partial charge in [-0.05, 0) is 29.7 Å². The van der Waals surface area contributed by atoms with E-state index in [4.69, 9.17) is 25.5 Å². The Bertz CT molecular complexity index is 1080. The third-order valence-electron chi connectivity index (χ3n) is 6.33. The number of Topliss-reactive ketones (excluding diaryl/α,β-unsaturated/α-hetero) is 2. The van der Waals surface area contributed by atoms with Crippen LogP contribution in [0.5, 0.6) is 5.75 Å². The summed E-state index contributed by atoms with van der Waals surface area (Å²) in [6.07, 6.45) is 0.350. The molecule has 9 heteroatoms. The highest BCUT2D eigenvalue weighted by Crippen LogP contribution is 2.51. The number of benzene rings is 2. The number of rotatable bonds is 8. The molecule has 2 atom stereocenters. The first-order valence-electron chi connectivity index (χ1n) is 10.5. The van der Waals surface area contributed by atoms with Crippen LogP contribution in [0.4, 0.5) is 0 Å². The van der Waals surface area contributed by atoms with Gasteiger partial charge in [0.2, 0.25) is 11.6 Å². The zero-order chi connectivity index (χ0) is 23.8. The van der Waals surface area contributed by atoms with Crippen molar-refractivity contribution in [3.8, 4) is 16.9 Å². The Kier molecular flexibility index (Phi) is 6.01. The number of ketones is 2. The first-order valence-corrected chi connectivity index (χ1v) is 10.5. The van der Waals surface area contributed by atoms with Crippen molar-refractivity contribution in [3.05, 3.63) is 54.1 Å². The van der Waals surface area contributed by atoms with Crippen molar-refractivity contribution in [2.24, 2.45) is 11.7 Å². The van der Waals surface area contributed by atoms with Crippen molar-refractivity contribution in [1.29, 1.82) is 5.41 Å². The summed E-state index contributed by atoms with van der Waals surface area (Å²) in [6, 6.07) is 14.5. The summed E-state index contributed by atoms with van der Waals surface area (Å²) in [5.74, 6) is -1.43. The first kappa shape index (κ1) is 22.6. The van der Waals surface area contributed by atoms with Crippen molar-refractivity contribution in [2.75, 3.05) is 20.8 Å². The molecule has 1 aliphatic heterocycles. The van der Waals surface area contributed by atoms with E-state index < -0.39 is 29.0 Å². The molecule has 3 N–H and O–H groups in total. The normalized spacial score (nSPS) is 21.3. The van der Waals surface area contributed by atoms with Gasteiger partial charge in [-0.25, -0.2) is 0 Å². The fourth-order valence-electron chi connectivity index (χ4n) is 4.60. The second-order valence-corrected chi connectivity index (χ2v) is 8.13. The maximum absolute atomic E-state index is 12.3. The van der Waals surface area contributed by atoms with Crippen molar-refractivity contribution in [3.63, 3.8) is 0 Å². The Morgan fingerprint density at radius 1 is 1.06 bits per heavy atom. The Labute approximate surface area is 190 Å². The largest absolute Gasteiger partial charge is 0.492 e. The molecule has 1 saturated carbocycles. The maximum Gasteiger partial charge on any atom is 0.305 e. The zero-order valence-corrected chi connectivity index (χ0v) is 18.4. The third-order valence-corrected chi connectivity index (χ3v) is 6.33. The molecular weight excluding hydrogens is 426 g/mol. The van der Waals surface area contributed by atoms with Crippen molar-refractivity contribution in [2.45, 2.75) is 24.4 Å². The SMILES string of the molecule is COC(=O)C[C@@H]1C[C@@H](COc2ccc(-c3ccc(C(=N)N)cc3)cc2)N(OC)C12C(=O)C2=O. The van der Waals surface area contributed by atoms with Gasteiger partial charge >= 0.3 is 5.97 Å². The Hall–Kier alpha value is -3.56. The molecule has 0 aromatic heterocycles. The summed E-state index contributed by atoms with van der Waals surface area (Å²) in [6.45, 7) is 0.181. The molecule has 0 amide bonds. The lowest BCUT2D eigenvalue weighted by molar-refractivity contribution is -0.188. The summed E-state index contributed by atoms with van der Waals surface area (Å²) in [4.78, 5) is 41.8. The molecule has 2 aromatic carbocycles. The van der Waals surface area contributed by atoms with Gasteiger partial charge in [0.15, 0.2) is 5.54 Å². The second-order valence-electron chi connectivity index (χ2n) is 8.13. The molecule has 4 rings (SSSR count). The minimum atomic E-state index is -1.41. The molecule has 1 aliphatic carbocycles. The number of nitrogens with two attached hydrogens (primary N) is 1. The zero-order valence-electron chi connectivity index (χ0n) is 18.4. The quantitative estimate of drug-likeness (QED) is 0.204. The molecule has 2 aliphatic rings. The summed E-state index contributed by atoms with van der Waals surface area (Å²) in [7, 11) is 2.68. The lowest BCUT2D eigenvalue weighted by atomic mass is 9.93. The standard InChI is InChI=1S/C24H25N3O6/c1-31-20(28)12-17-11-18(27(32-2)24(17)21(29)22(24)30)13-33-19-9-7-15(8-10-19)14-3-5-16(6-4-14)23(25)26/h3-10,17-18H,11-13H2,1-2H3,(H3,25,26)/t17-,18-/m0/s1. The van der Waals surface area contributed by atoms with E-state index in [0.29, 0.717) is 17.7 Å². The number of nitrogens with one attached hydrogen (secondary N) is 1. The third kappa shape index (κ3) is 3.90. The highest BCUT2D eigenvalue weighted by molar-refractivity contribution is 6.67. The number of methoxy groups -OCH3 is 1. The smallest absolute Gasteiger partial charge is 0.305 e. The molecule has 0 unspecified atom stereocenters. The van der Waals surface area contributed by atoms with Gasteiger partial charge in [-0.1, -0.05) is 36.4 Å². The molecule has 0 radical (unpaired) electrons. The van der Waals surface area contributed by atoms with Crippen LogP contribution in [0.15, 0.2) is 48.5 Å². The lowest BCUT2D eigenvalue weighted by Gasteiger charge is -2.26. The van der Waals surface area contributed by atoms with Crippen molar-refractivity contribution in [1.82, 2.24) is 5.06 Å². The number of hydrogen-bond donors (Lipinski definition) is 2. The van der Waals surface area contributed by atoms with E-state index >= 15 is 0 Å². The van der Waals surface area contributed by atoms with Gasteiger partial charge < -0.3 is 20.0 Å². The lowest BCUT2D eigenvalue weighted by Crippen LogP contribution is -2.44. The number of hydroxylamine groups is 2. The Balaban J connectivity index is 1.44. The van der Waals surface area contributed by atoms with E-state index in [2.05, 4.69) is 0 Å². The molecule has 2 aromatic rings. The van der Waals surface area contributed by atoms with Crippen LogP contribution in [0.3, 0.4) is 0 Å². The van der Waals surface area contributed by atoms with Crippen LogP contribution in [-0.2, 0) is 24.0 Å². The van der Waals surface area contributed by atoms with Gasteiger partial charge in [0.1, 0.15) is 18.2 Å². The number of carbonyl (C=O) groups excluding carboxylic acids is 3. The van der Waals surface area contributed by atoms with Gasteiger partial charge in [-0.15, -0.1) is 0 Å². The van der Waals surface area contributed by atoms with Crippen molar-refractivity contribution >= 4 is 23.4 Å². The minimum absolute atomic E-state index is 0.0208. The summed E-state index contributed by atoms with van der Waals surface area (Å²) in [5, 5.41) is 8.86. The van der Waals surface area contributed by atoms with Gasteiger partial charge in [-0.2, -0.15) is 5.06 Å². The predicted octanol–water partition coefficient (Wildman–Crippen LogP) is 1.72. The first-order chi connectivity index (χ1) is 15.8. The molecule has 9 nitrogen and oxygen atoms in total. The molecule has 172 valence electrons. The van der Waals surface area contributed by atoms with E-state index in [1.165, 1.54) is 19.3 Å². The average Bonchev–Trinajstić information content (AvgIpc) is 3.22. The molecular formula is C24H25N3O6. The van der Waals surface area contributed by atoms with Crippen LogP contribution in [0.2, 0.25) is 0 Å². The van der Waals surface area contributed by atoms with Crippen LogP contribution in [0, 0.1) is 11.3 Å². The van der Waals surface area contributed by atoms with Crippen molar-refractivity contribution < 1.29 is 28.7 Å². The number of nitrogen functional groups attached to an aromatic ring is 1. The number of hydrogen-bond acceptors (Lipinski definition) is 8. The van der Waals surface area contributed by atoms with E-state index in [-0.39, 0.29) is 24.9 Å².